The molecule has 1 aliphatic rings. The van der Waals surface area contributed by atoms with Gasteiger partial charge in [-0.05, 0) is 49.1 Å². The maximum Gasteiger partial charge on any atom is 0.306 e. The minimum atomic E-state index is -0.569. The third-order valence-corrected chi connectivity index (χ3v) is 5.90. The lowest BCUT2D eigenvalue weighted by atomic mass is 10.1. The summed E-state index contributed by atoms with van der Waals surface area (Å²) in [5.41, 5.74) is 3.29. The quantitative estimate of drug-likeness (QED) is 0.375. The lowest BCUT2D eigenvalue weighted by Gasteiger charge is -2.23. The molecular weight excluding hydrogens is 443 g/mol. The Kier molecular flexibility index (Phi) is 7.40. The highest BCUT2D eigenvalue weighted by Gasteiger charge is 2.24. The Hall–Kier alpha value is -3.48. The van der Waals surface area contributed by atoms with Gasteiger partial charge in [0.25, 0.3) is 0 Å². The Labute approximate surface area is 196 Å². The van der Waals surface area contributed by atoms with E-state index in [-0.39, 0.29) is 37.5 Å². The standard InChI is InChI=1S/C27H26F3NO3/c1-2-33-26(32)12-10-18-9-11-21(15-25(18)30)34-17-20-6-3-5-19-13-14-31(27(19)20)16-22-23(28)7-4-8-24(22)29/h3-9,11,15H,2,10,12-14,16-17H2,1H3. The van der Waals surface area contributed by atoms with E-state index in [9.17, 15) is 18.0 Å². The van der Waals surface area contributed by atoms with Gasteiger partial charge in [-0.2, -0.15) is 0 Å². The summed E-state index contributed by atoms with van der Waals surface area (Å²) < 4.78 is 53.6. The third-order valence-electron chi connectivity index (χ3n) is 5.90. The first-order valence-electron chi connectivity index (χ1n) is 11.3. The van der Waals surface area contributed by atoms with Crippen LogP contribution < -0.4 is 9.64 Å². The summed E-state index contributed by atoms with van der Waals surface area (Å²) in [7, 11) is 0. The second kappa shape index (κ2) is 10.6. The van der Waals surface area contributed by atoms with Gasteiger partial charge in [-0.3, -0.25) is 4.79 Å². The minimum absolute atomic E-state index is 0.0338. The van der Waals surface area contributed by atoms with Gasteiger partial charge in [0.05, 0.1) is 6.61 Å². The SMILES string of the molecule is CCOC(=O)CCc1ccc(OCc2cccc3c2N(Cc2c(F)cccc2F)CC3)cc1F. The summed E-state index contributed by atoms with van der Waals surface area (Å²) in [6, 6.07) is 14.3. The monoisotopic (exact) mass is 469 g/mol. The van der Waals surface area contributed by atoms with Gasteiger partial charge in [0.2, 0.25) is 0 Å². The van der Waals surface area contributed by atoms with Gasteiger partial charge in [-0.25, -0.2) is 13.2 Å². The maximum absolute atomic E-state index is 14.5. The molecule has 0 radical (unpaired) electrons. The van der Waals surface area contributed by atoms with Gasteiger partial charge in [-0.1, -0.05) is 30.3 Å². The number of carbonyl (C=O) groups excluding carboxylic acids is 1. The van der Waals surface area contributed by atoms with Crippen LogP contribution in [0.1, 0.15) is 35.6 Å². The van der Waals surface area contributed by atoms with E-state index in [2.05, 4.69) is 0 Å². The molecule has 0 saturated heterocycles. The molecule has 0 fully saturated rings. The number of aryl methyl sites for hydroxylation is 1. The van der Waals surface area contributed by atoms with E-state index in [1.807, 2.05) is 23.1 Å². The molecule has 0 atom stereocenters. The van der Waals surface area contributed by atoms with Crippen LogP contribution in [-0.2, 0) is 35.5 Å². The van der Waals surface area contributed by atoms with E-state index in [4.69, 9.17) is 9.47 Å². The Morgan fingerprint density at radius 1 is 0.971 bits per heavy atom. The van der Waals surface area contributed by atoms with E-state index in [1.54, 1.807) is 19.1 Å². The summed E-state index contributed by atoms with van der Waals surface area (Å²) in [5.74, 6) is -1.59. The number of para-hydroxylation sites is 1. The van der Waals surface area contributed by atoms with Crippen LogP contribution in [0.5, 0.6) is 5.75 Å². The van der Waals surface area contributed by atoms with Crippen LogP contribution in [0, 0.1) is 17.5 Å². The molecule has 178 valence electrons. The Morgan fingerprint density at radius 3 is 2.47 bits per heavy atom. The van der Waals surface area contributed by atoms with Crippen molar-refractivity contribution in [1.29, 1.82) is 0 Å². The topological polar surface area (TPSA) is 38.8 Å². The number of esters is 1. The molecule has 0 unspecified atom stereocenters. The normalized spacial score (nSPS) is 12.5. The molecule has 34 heavy (non-hydrogen) atoms. The molecule has 3 aromatic rings. The number of hydrogen-bond donors (Lipinski definition) is 0. The number of hydrogen-bond acceptors (Lipinski definition) is 4. The first kappa shape index (κ1) is 23.7. The maximum atomic E-state index is 14.5. The van der Waals surface area contributed by atoms with E-state index < -0.39 is 17.5 Å². The summed E-state index contributed by atoms with van der Waals surface area (Å²) in [6.07, 6.45) is 1.13. The average molecular weight is 470 g/mol. The highest BCUT2D eigenvalue weighted by atomic mass is 19.1. The van der Waals surface area contributed by atoms with Crippen LogP contribution in [0.2, 0.25) is 0 Å². The van der Waals surface area contributed by atoms with Gasteiger partial charge in [-0.15, -0.1) is 0 Å². The molecule has 0 aliphatic carbocycles. The third kappa shape index (κ3) is 5.35. The predicted octanol–water partition coefficient (Wildman–Crippen LogP) is 5.74. The van der Waals surface area contributed by atoms with Crippen LogP contribution >= 0.6 is 0 Å². The largest absolute Gasteiger partial charge is 0.489 e. The van der Waals surface area contributed by atoms with Crippen molar-refractivity contribution in [2.45, 2.75) is 39.3 Å². The first-order chi connectivity index (χ1) is 16.5. The van der Waals surface area contributed by atoms with Gasteiger partial charge >= 0.3 is 5.97 Å². The molecule has 0 bridgehead atoms. The van der Waals surface area contributed by atoms with E-state index in [0.29, 0.717) is 24.5 Å². The molecule has 7 heteroatoms. The van der Waals surface area contributed by atoms with E-state index >= 15 is 0 Å². The summed E-state index contributed by atoms with van der Waals surface area (Å²) >= 11 is 0. The Balaban J connectivity index is 1.45. The first-order valence-corrected chi connectivity index (χ1v) is 11.3. The second-order valence-corrected chi connectivity index (χ2v) is 8.14. The van der Waals surface area contributed by atoms with Crippen LogP contribution in [0.25, 0.3) is 0 Å². The van der Waals surface area contributed by atoms with Crippen LogP contribution in [0.15, 0.2) is 54.6 Å². The van der Waals surface area contributed by atoms with Crippen LogP contribution in [-0.4, -0.2) is 19.1 Å². The lowest BCUT2D eigenvalue weighted by molar-refractivity contribution is -0.143. The van der Waals surface area contributed by atoms with Crippen molar-refractivity contribution in [2.24, 2.45) is 0 Å². The summed E-state index contributed by atoms with van der Waals surface area (Å²) in [5, 5.41) is 0. The highest BCUT2D eigenvalue weighted by molar-refractivity contribution is 5.69. The zero-order valence-electron chi connectivity index (χ0n) is 19.0. The molecule has 3 aromatic carbocycles. The van der Waals surface area contributed by atoms with Crippen molar-refractivity contribution < 1.29 is 27.4 Å². The predicted molar refractivity (Wildman–Crippen MR) is 123 cm³/mol. The van der Waals surface area contributed by atoms with Crippen LogP contribution in [0.4, 0.5) is 18.9 Å². The van der Waals surface area contributed by atoms with Gasteiger partial charge in [0.15, 0.2) is 0 Å². The van der Waals surface area contributed by atoms with E-state index in [0.717, 1.165) is 23.2 Å². The van der Waals surface area contributed by atoms with Crippen molar-refractivity contribution in [2.75, 3.05) is 18.1 Å². The van der Waals surface area contributed by atoms with Crippen molar-refractivity contribution in [1.82, 2.24) is 0 Å². The number of fused-ring (bicyclic) bond motifs is 1. The average Bonchev–Trinajstić information content (AvgIpc) is 3.23. The summed E-state index contributed by atoms with van der Waals surface area (Å²) in [4.78, 5) is 13.5. The Morgan fingerprint density at radius 2 is 1.74 bits per heavy atom. The molecule has 0 spiro atoms. The fraction of sp³-hybridized carbons (Fsp3) is 0.296. The zero-order chi connectivity index (χ0) is 24.1. The smallest absolute Gasteiger partial charge is 0.306 e. The van der Waals surface area contributed by atoms with Crippen molar-refractivity contribution in [3.63, 3.8) is 0 Å². The summed E-state index contributed by atoms with van der Waals surface area (Å²) in [6.45, 7) is 2.96. The van der Waals surface area contributed by atoms with Crippen molar-refractivity contribution in [3.8, 4) is 5.75 Å². The lowest BCUT2D eigenvalue weighted by Crippen LogP contribution is -2.22. The van der Waals surface area contributed by atoms with E-state index in [1.165, 1.54) is 24.3 Å². The molecule has 1 aliphatic heterocycles. The number of benzene rings is 3. The Bertz CT molecular complexity index is 1160. The fourth-order valence-electron chi connectivity index (χ4n) is 4.22. The minimum Gasteiger partial charge on any atom is -0.489 e. The number of rotatable bonds is 9. The molecule has 0 amide bonds. The van der Waals surface area contributed by atoms with Crippen LogP contribution in [0.3, 0.4) is 0 Å². The number of nitrogens with zero attached hydrogens (tertiary/aromatic N) is 1. The molecule has 0 saturated carbocycles. The number of carbonyl (C=O) groups is 1. The molecular formula is C27H26F3NO3. The zero-order valence-corrected chi connectivity index (χ0v) is 19.0. The van der Waals surface area contributed by atoms with Crippen molar-refractivity contribution in [3.05, 3.63) is 94.3 Å². The number of ether oxygens (including phenoxy) is 2. The molecule has 1 heterocycles. The van der Waals surface area contributed by atoms with Gasteiger partial charge in [0, 0.05) is 42.4 Å². The van der Waals surface area contributed by atoms with Crippen molar-refractivity contribution >= 4 is 11.7 Å². The molecule has 0 N–H and O–H groups in total. The highest BCUT2D eigenvalue weighted by Crippen LogP contribution is 2.34. The molecule has 0 aromatic heterocycles. The number of anilines is 1. The molecule has 4 nitrogen and oxygen atoms in total. The van der Waals surface area contributed by atoms with Gasteiger partial charge in [0.1, 0.15) is 29.8 Å². The fourth-order valence-corrected chi connectivity index (χ4v) is 4.22. The molecule has 4 rings (SSSR count). The van der Waals surface area contributed by atoms with Gasteiger partial charge < -0.3 is 14.4 Å². The second-order valence-electron chi connectivity index (χ2n) is 8.14. The number of halogens is 3.